The van der Waals surface area contributed by atoms with Crippen LogP contribution in [0.15, 0.2) is 71.8 Å². The Morgan fingerprint density at radius 3 is 2.58 bits per heavy atom. The molecule has 7 nitrogen and oxygen atoms in total. The van der Waals surface area contributed by atoms with Crippen LogP contribution in [0.5, 0.6) is 0 Å². The molecule has 2 aromatic carbocycles. The largest absolute Gasteiger partial charge is 0.346 e. The summed E-state index contributed by atoms with van der Waals surface area (Å²) in [5.41, 5.74) is 1.67. The van der Waals surface area contributed by atoms with Crippen molar-refractivity contribution in [3.63, 3.8) is 0 Å². The number of benzene rings is 2. The highest BCUT2D eigenvalue weighted by Gasteiger charge is 2.14. The van der Waals surface area contributed by atoms with Gasteiger partial charge in [-0.2, -0.15) is 10.2 Å². The predicted octanol–water partition coefficient (Wildman–Crippen LogP) is 2.04. The fraction of sp³-hybridized carbons (Fsp3) is 0.0526. The minimum absolute atomic E-state index is 0.190. The molecule has 0 saturated heterocycles. The van der Waals surface area contributed by atoms with Gasteiger partial charge in [0.25, 0.3) is 11.5 Å². The summed E-state index contributed by atoms with van der Waals surface area (Å²) in [5, 5.41) is 14.3. The van der Waals surface area contributed by atoms with Gasteiger partial charge in [0.05, 0.1) is 17.3 Å². The highest BCUT2D eigenvalue weighted by Crippen LogP contribution is 2.12. The van der Waals surface area contributed by atoms with Crippen LogP contribution in [0.4, 0.5) is 0 Å². The molecule has 0 unspecified atom stereocenters. The van der Waals surface area contributed by atoms with Crippen molar-refractivity contribution < 1.29 is 4.79 Å². The molecule has 4 rings (SSSR count). The van der Waals surface area contributed by atoms with E-state index in [1.54, 1.807) is 35.1 Å². The molecule has 2 aromatic heterocycles. The lowest BCUT2D eigenvalue weighted by Gasteiger charge is -2.05. The Kier molecular flexibility index (Phi) is 4.03. The third kappa shape index (κ3) is 2.98. The molecule has 4 aromatic rings. The molecule has 2 heterocycles. The molecule has 0 bridgehead atoms. The summed E-state index contributed by atoms with van der Waals surface area (Å²) in [7, 11) is 0. The lowest BCUT2D eigenvalue weighted by atomic mass is 10.1. The Bertz CT molecular complexity index is 1130. The normalized spacial score (nSPS) is 10.8. The smallest absolute Gasteiger partial charge is 0.272 e. The van der Waals surface area contributed by atoms with Gasteiger partial charge in [0.1, 0.15) is 0 Å². The van der Waals surface area contributed by atoms with Gasteiger partial charge in [0, 0.05) is 23.7 Å². The van der Waals surface area contributed by atoms with Crippen molar-refractivity contribution in [1.82, 2.24) is 25.3 Å². The number of H-pyrrole nitrogens is 1. The zero-order valence-corrected chi connectivity index (χ0v) is 13.7. The predicted molar refractivity (Wildman–Crippen MR) is 97.1 cm³/mol. The fourth-order valence-corrected chi connectivity index (χ4v) is 2.73. The standard InChI is InChI=1S/C19H15N5O2/c25-18-16-9-5-4-8-15(16)17(22-23-18)19(26)20-10-13-11-21-24(12-13)14-6-2-1-3-7-14/h1-9,11-12H,10H2,(H,20,26)(H,23,25). The van der Waals surface area contributed by atoms with E-state index in [0.717, 1.165) is 11.3 Å². The first-order valence-corrected chi connectivity index (χ1v) is 8.07. The first-order valence-electron chi connectivity index (χ1n) is 8.07. The Morgan fingerprint density at radius 1 is 1.04 bits per heavy atom. The molecule has 0 aliphatic carbocycles. The van der Waals surface area contributed by atoms with E-state index in [-0.39, 0.29) is 17.2 Å². The number of aromatic amines is 1. The van der Waals surface area contributed by atoms with Gasteiger partial charge in [0.15, 0.2) is 5.69 Å². The van der Waals surface area contributed by atoms with E-state index < -0.39 is 0 Å². The molecule has 128 valence electrons. The fourth-order valence-electron chi connectivity index (χ4n) is 2.73. The molecule has 7 heteroatoms. The topological polar surface area (TPSA) is 92.7 Å². The Hall–Kier alpha value is -3.74. The van der Waals surface area contributed by atoms with Gasteiger partial charge < -0.3 is 5.32 Å². The molecule has 26 heavy (non-hydrogen) atoms. The molecular weight excluding hydrogens is 330 g/mol. The zero-order valence-electron chi connectivity index (χ0n) is 13.7. The number of hydrogen-bond acceptors (Lipinski definition) is 4. The maximum atomic E-state index is 12.5. The van der Waals surface area contributed by atoms with Gasteiger partial charge in [0.2, 0.25) is 0 Å². The van der Waals surface area contributed by atoms with Crippen LogP contribution in [0, 0.1) is 0 Å². The summed E-state index contributed by atoms with van der Waals surface area (Å²) >= 11 is 0. The van der Waals surface area contributed by atoms with Gasteiger partial charge >= 0.3 is 0 Å². The molecule has 0 radical (unpaired) electrons. The van der Waals surface area contributed by atoms with E-state index in [0.29, 0.717) is 17.3 Å². The number of aromatic nitrogens is 4. The molecule has 0 spiro atoms. The van der Waals surface area contributed by atoms with Crippen molar-refractivity contribution in [3.05, 3.63) is 88.6 Å². The highest BCUT2D eigenvalue weighted by atomic mass is 16.2. The molecule has 0 saturated carbocycles. The second kappa shape index (κ2) is 6.64. The van der Waals surface area contributed by atoms with Crippen molar-refractivity contribution in [2.75, 3.05) is 0 Å². The lowest BCUT2D eigenvalue weighted by molar-refractivity contribution is 0.0946. The Labute approximate surface area is 148 Å². The number of para-hydroxylation sites is 1. The maximum absolute atomic E-state index is 12.5. The third-order valence-corrected chi connectivity index (χ3v) is 4.02. The monoisotopic (exact) mass is 345 g/mol. The van der Waals surface area contributed by atoms with E-state index in [4.69, 9.17) is 0 Å². The number of fused-ring (bicyclic) bond motifs is 1. The van der Waals surface area contributed by atoms with E-state index in [1.165, 1.54) is 0 Å². The molecule has 0 aliphatic heterocycles. The Morgan fingerprint density at radius 2 is 1.77 bits per heavy atom. The van der Waals surface area contributed by atoms with Crippen LogP contribution >= 0.6 is 0 Å². The zero-order chi connectivity index (χ0) is 17.9. The van der Waals surface area contributed by atoms with Gasteiger partial charge in [-0.1, -0.05) is 36.4 Å². The summed E-state index contributed by atoms with van der Waals surface area (Å²) in [6.07, 6.45) is 3.56. The van der Waals surface area contributed by atoms with Gasteiger partial charge in [-0.05, 0) is 18.2 Å². The highest BCUT2D eigenvalue weighted by molar-refractivity contribution is 6.04. The first-order chi connectivity index (χ1) is 12.7. The van der Waals surface area contributed by atoms with Crippen LogP contribution in [-0.2, 0) is 6.54 Å². The van der Waals surface area contributed by atoms with Crippen molar-refractivity contribution in [1.29, 1.82) is 0 Å². The molecule has 0 fully saturated rings. The third-order valence-electron chi connectivity index (χ3n) is 4.02. The molecular formula is C19H15N5O2. The van der Waals surface area contributed by atoms with Crippen molar-refractivity contribution in [3.8, 4) is 5.69 Å². The molecule has 0 aliphatic rings. The van der Waals surface area contributed by atoms with Crippen molar-refractivity contribution >= 4 is 16.7 Å². The number of nitrogens with one attached hydrogen (secondary N) is 2. The van der Waals surface area contributed by atoms with Crippen LogP contribution in [0.2, 0.25) is 0 Å². The summed E-state index contributed by atoms with van der Waals surface area (Å²) in [4.78, 5) is 24.3. The molecule has 2 N–H and O–H groups in total. The van der Waals surface area contributed by atoms with E-state index >= 15 is 0 Å². The summed E-state index contributed by atoms with van der Waals surface area (Å²) in [5.74, 6) is -0.357. The minimum atomic E-state index is -0.357. The molecule has 1 amide bonds. The van der Waals surface area contributed by atoms with E-state index in [1.807, 2.05) is 36.5 Å². The number of carbonyl (C=O) groups is 1. The number of hydrogen-bond donors (Lipinski definition) is 2. The summed E-state index contributed by atoms with van der Waals surface area (Å²) < 4.78 is 1.75. The first kappa shape index (κ1) is 15.8. The van der Waals surface area contributed by atoms with Crippen LogP contribution in [0.3, 0.4) is 0 Å². The van der Waals surface area contributed by atoms with E-state index in [2.05, 4.69) is 20.6 Å². The second-order valence-electron chi connectivity index (χ2n) is 5.76. The summed E-state index contributed by atoms with van der Waals surface area (Å²) in [6.45, 7) is 0.306. The maximum Gasteiger partial charge on any atom is 0.272 e. The lowest BCUT2D eigenvalue weighted by Crippen LogP contribution is -2.26. The van der Waals surface area contributed by atoms with Crippen LogP contribution in [0.1, 0.15) is 16.1 Å². The molecule has 0 atom stereocenters. The van der Waals surface area contributed by atoms with Gasteiger partial charge in [-0.3, -0.25) is 9.59 Å². The summed E-state index contributed by atoms with van der Waals surface area (Å²) in [6, 6.07) is 16.6. The number of carbonyl (C=O) groups excluding carboxylic acids is 1. The quantitative estimate of drug-likeness (QED) is 0.592. The average molecular weight is 345 g/mol. The minimum Gasteiger partial charge on any atom is -0.346 e. The van der Waals surface area contributed by atoms with Crippen LogP contribution in [-0.4, -0.2) is 25.9 Å². The number of rotatable bonds is 4. The van der Waals surface area contributed by atoms with Crippen molar-refractivity contribution in [2.45, 2.75) is 6.54 Å². The van der Waals surface area contributed by atoms with E-state index in [9.17, 15) is 9.59 Å². The second-order valence-corrected chi connectivity index (χ2v) is 5.76. The van der Waals surface area contributed by atoms with Crippen LogP contribution in [0.25, 0.3) is 16.5 Å². The van der Waals surface area contributed by atoms with Crippen molar-refractivity contribution in [2.24, 2.45) is 0 Å². The van der Waals surface area contributed by atoms with Crippen LogP contribution < -0.4 is 10.9 Å². The number of nitrogens with zero attached hydrogens (tertiary/aromatic N) is 3. The number of amides is 1. The average Bonchev–Trinajstić information content (AvgIpc) is 3.16. The SMILES string of the molecule is O=C(NCc1cnn(-c2ccccc2)c1)c1n[nH]c(=O)c2ccccc12. The van der Waals surface area contributed by atoms with Gasteiger partial charge in [-0.15, -0.1) is 0 Å². The van der Waals surface area contributed by atoms with Gasteiger partial charge in [-0.25, -0.2) is 9.78 Å². The Balaban J connectivity index is 1.53.